The van der Waals surface area contributed by atoms with Crippen LogP contribution < -0.4 is 0 Å². The van der Waals surface area contributed by atoms with Gasteiger partial charge in [-0.2, -0.15) is 0 Å². The Balaban J connectivity index is 1.95. The Morgan fingerprint density at radius 2 is 1.64 bits per heavy atom. The van der Waals surface area contributed by atoms with Crippen molar-refractivity contribution in [3.63, 3.8) is 0 Å². The lowest BCUT2D eigenvalue weighted by molar-refractivity contribution is 0.566. The van der Waals surface area contributed by atoms with E-state index in [0.717, 1.165) is 0 Å². The van der Waals surface area contributed by atoms with Gasteiger partial charge in [-0.1, -0.05) is 76.2 Å². The monoisotopic (exact) mass is 288 g/mol. The summed E-state index contributed by atoms with van der Waals surface area (Å²) in [5, 5.41) is 0. The van der Waals surface area contributed by atoms with E-state index in [1.807, 2.05) is 0 Å². The first-order chi connectivity index (χ1) is 10.6. The summed E-state index contributed by atoms with van der Waals surface area (Å²) in [7, 11) is 0. The highest BCUT2D eigenvalue weighted by Gasteiger charge is 2.34. The molecule has 0 amide bonds. The van der Waals surface area contributed by atoms with Crippen LogP contribution in [-0.4, -0.2) is 0 Å². The lowest BCUT2D eigenvalue weighted by Gasteiger charge is -2.27. The van der Waals surface area contributed by atoms with Crippen LogP contribution in [0.25, 0.3) is 11.1 Å². The van der Waals surface area contributed by atoms with Crippen LogP contribution in [0.3, 0.4) is 0 Å². The van der Waals surface area contributed by atoms with Gasteiger partial charge in [0.15, 0.2) is 0 Å². The van der Waals surface area contributed by atoms with Crippen molar-refractivity contribution in [2.45, 2.75) is 45.4 Å². The van der Waals surface area contributed by atoms with Gasteiger partial charge in [-0.3, -0.25) is 0 Å². The molecule has 0 fully saturated rings. The highest BCUT2D eigenvalue weighted by atomic mass is 14.4. The summed E-state index contributed by atoms with van der Waals surface area (Å²) in [5.74, 6) is 2.26. The van der Waals surface area contributed by atoms with Gasteiger partial charge in [0.25, 0.3) is 0 Å². The Labute approximate surface area is 133 Å². The summed E-state index contributed by atoms with van der Waals surface area (Å²) in [4.78, 5) is 0. The summed E-state index contributed by atoms with van der Waals surface area (Å²) < 4.78 is 0. The van der Waals surface area contributed by atoms with E-state index in [1.165, 1.54) is 22.3 Å². The van der Waals surface area contributed by atoms with Crippen molar-refractivity contribution in [3.8, 4) is 11.1 Å². The van der Waals surface area contributed by atoms with Crippen molar-refractivity contribution < 1.29 is 0 Å². The zero-order chi connectivity index (χ0) is 15.4. The average Bonchev–Trinajstić information content (AvgIpc) is 2.83. The maximum Gasteiger partial charge on any atom is 0.0285 e. The number of allylic oxidation sites excluding steroid dienone is 2. The Kier molecular flexibility index (Phi) is 3.04. The van der Waals surface area contributed by atoms with Gasteiger partial charge in [-0.15, -0.1) is 0 Å². The summed E-state index contributed by atoms with van der Waals surface area (Å²) in [5.41, 5.74) is 8.98. The second-order valence-corrected chi connectivity index (χ2v) is 7.44. The molecule has 0 spiro atoms. The molecule has 22 heavy (non-hydrogen) atoms. The zero-order valence-corrected chi connectivity index (χ0v) is 13.9. The minimum Gasteiger partial charge on any atom is -0.0798 e. The van der Waals surface area contributed by atoms with Gasteiger partial charge < -0.3 is 0 Å². The highest BCUT2D eigenvalue weighted by Crippen LogP contribution is 2.52. The fourth-order valence-electron chi connectivity index (χ4n) is 4.16. The molecule has 0 aromatic heterocycles. The maximum atomic E-state index is 2.44. The predicted molar refractivity (Wildman–Crippen MR) is 94.5 cm³/mol. The summed E-state index contributed by atoms with van der Waals surface area (Å²) in [6.45, 7) is 9.21. The SMILES string of the molecule is CC(C)c1ccc2c(c1)-c1cccc3c1C2C=CC3C(C)C. The van der Waals surface area contributed by atoms with Gasteiger partial charge in [0.1, 0.15) is 0 Å². The summed E-state index contributed by atoms with van der Waals surface area (Å²) >= 11 is 0. The lowest BCUT2D eigenvalue weighted by Crippen LogP contribution is -2.12. The van der Waals surface area contributed by atoms with Crippen molar-refractivity contribution in [3.05, 3.63) is 70.8 Å². The third kappa shape index (κ3) is 1.83. The van der Waals surface area contributed by atoms with E-state index in [4.69, 9.17) is 0 Å². The van der Waals surface area contributed by atoms with E-state index >= 15 is 0 Å². The first-order valence-electron chi connectivity index (χ1n) is 8.53. The van der Waals surface area contributed by atoms with Gasteiger partial charge >= 0.3 is 0 Å². The van der Waals surface area contributed by atoms with Crippen LogP contribution in [0.5, 0.6) is 0 Å². The molecule has 0 bridgehead atoms. The molecule has 0 heterocycles. The van der Waals surface area contributed by atoms with E-state index in [-0.39, 0.29) is 0 Å². The molecule has 0 saturated heterocycles. The Hall–Kier alpha value is -1.82. The van der Waals surface area contributed by atoms with Crippen molar-refractivity contribution in [2.24, 2.45) is 5.92 Å². The first-order valence-corrected chi connectivity index (χ1v) is 8.53. The van der Waals surface area contributed by atoms with Crippen LogP contribution in [-0.2, 0) is 0 Å². The molecule has 2 atom stereocenters. The standard InChI is InChI=1S/C22H24/c1-13(2)15-8-9-17-20-11-10-16(14(3)4)18-6-5-7-19(22(18)20)21(17)12-15/h5-14,16,20H,1-4H3. The number of benzene rings is 2. The van der Waals surface area contributed by atoms with Gasteiger partial charge in [0.05, 0.1) is 0 Å². The van der Waals surface area contributed by atoms with Crippen LogP contribution >= 0.6 is 0 Å². The molecule has 0 aliphatic heterocycles. The first kappa shape index (κ1) is 13.8. The van der Waals surface area contributed by atoms with E-state index in [2.05, 4.69) is 76.2 Å². The molecular weight excluding hydrogens is 264 g/mol. The molecule has 2 aromatic carbocycles. The van der Waals surface area contributed by atoms with E-state index in [1.54, 1.807) is 11.1 Å². The molecule has 2 unspecified atom stereocenters. The number of hydrogen-bond acceptors (Lipinski definition) is 0. The van der Waals surface area contributed by atoms with E-state index in [9.17, 15) is 0 Å². The van der Waals surface area contributed by atoms with Gasteiger partial charge in [-0.25, -0.2) is 0 Å². The number of rotatable bonds is 2. The van der Waals surface area contributed by atoms with Gasteiger partial charge in [0, 0.05) is 11.8 Å². The zero-order valence-electron chi connectivity index (χ0n) is 13.9. The number of hydrogen-bond donors (Lipinski definition) is 0. The second kappa shape index (κ2) is 4.84. The minimum absolute atomic E-state index is 0.470. The molecule has 0 nitrogen and oxygen atoms in total. The molecule has 2 aliphatic carbocycles. The molecule has 4 rings (SSSR count). The normalized spacial score (nSPS) is 21.4. The Bertz CT molecular complexity index is 762. The van der Waals surface area contributed by atoms with Crippen LogP contribution in [0.2, 0.25) is 0 Å². The quantitative estimate of drug-likeness (QED) is 0.574. The van der Waals surface area contributed by atoms with Crippen molar-refractivity contribution in [1.82, 2.24) is 0 Å². The van der Waals surface area contributed by atoms with Crippen molar-refractivity contribution >= 4 is 0 Å². The maximum absolute atomic E-state index is 2.44. The largest absolute Gasteiger partial charge is 0.0798 e. The predicted octanol–water partition coefficient (Wildman–Crippen LogP) is 6.23. The van der Waals surface area contributed by atoms with Crippen molar-refractivity contribution in [1.29, 1.82) is 0 Å². The second-order valence-electron chi connectivity index (χ2n) is 7.44. The Morgan fingerprint density at radius 3 is 2.36 bits per heavy atom. The molecule has 0 heteroatoms. The molecule has 0 radical (unpaired) electrons. The topological polar surface area (TPSA) is 0 Å². The summed E-state index contributed by atoms with van der Waals surface area (Å²) in [6.07, 6.45) is 4.88. The van der Waals surface area contributed by atoms with Crippen molar-refractivity contribution in [2.75, 3.05) is 0 Å². The summed E-state index contributed by atoms with van der Waals surface area (Å²) in [6, 6.07) is 14.0. The lowest BCUT2D eigenvalue weighted by atomic mass is 9.77. The third-order valence-electron chi connectivity index (χ3n) is 5.41. The highest BCUT2D eigenvalue weighted by molar-refractivity contribution is 5.82. The molecule has 112 valence electrons. The van der Waals surface area contributed by atoms with Crippen LogP contribution in [0, 0.1) is 5.92 Å². The fourth-order valence-corrected chi connectivity index (χ4v) is 4.16. The molecule has 2 aliphatic rings. The van der Waals surface area contributed by atoms with Crippen LogP contribution in [0.4, 0.5) is 0 Å². The van der Waals surface area contributed by atoms with Gasteiger partial charge in [-0.05, 0) is 45.2 Å². The fraction of sp³-hybridized carbons (Fsp3) is 0.364. The molecule has 0 N–H and O–H groups in total. The minimum atomic E-state index is 0.470. The average molecular weight is 288 g/mol. The van der Waals surface area contributed by atoms with Crippen LogP contribution in [0.1, 0.15) is 67.7 Å². The molecular formula is C22H24. The molecule has 0 saturated carbocycles. The van der Waals surface area contributed by atoms with E-state index < -0.39 is 0 Å². The van der Waals surface area contributed by atoms with E-state index in [0.29, 0.717) is 23.7 Å². The van der Waals surface area contributed by atoms with Crippen LogP contribution in [0.15, 0.2) is 48.6 Å². The van der Waals surface area contributed by atoms with Gasteiger partial charge in [0.2, 0.25) is 0 Å². The Morgan fingerprint density at radius 1 is 0.818 bits per heavy atom. The smallest absolute Gasteiger partial charge is 0.0285 e. The number of fused-ring (bicyclic) bond motifs is 3. The molecule has 2 aromatic rings. The third-order valence-corrected chi connectivity index (χ3v) is 5.41.